The predicted molar refractivity (Wildman–Crippen MR) is 174 cm³/mol. The Morgan fingerprint density at radius 1 is 0.933 bits per heavy atom. The van der Waals surface area contributed by atoms with Gasteiger partial charge in [0.2, 0.25) is 23.0 Å². The second-order valence-corrected chi connectivity index (χ2v) is 11.5. The highest BCUT2D eigenvalue weighted by molar-refractivity contribution is 5.86. The number of fused-ring (bicyclic) bond motifs is 3. The number of rotatable bonds is 9. The summed E-state index contributed by atoms with van der Waals surface area (Å²) in [4.78, 5) is 43.6. The van der Waals surface area contributed by atoms with Crippen LogP contribution in [0.1, 0.15) is 43.0 Å². The Labute approximate surface area is 264 Å². The number of aryl methyl sites for hydroxylation is 1. The molecule has 1 saturated heterocycles. The molecule has 0 saturated carbocycles. The molecule has 10 nitrogen and oxygen atoms in total. The molecule has 0 spiro atoms. The van der Waals surface area contributed by atoms with Crippen molar-refractivity contribution in [2.75, 3.05) is 52.8 Å². The maximum absolute atomic E-state index is 13.7. The van der Waals surface area contributed by atoms with Crippen LogP contribution in [0.5, 0.6) is 17.2 Å². The van der Waals surface area contributed by atoms with Gasteiger partial charge < -0.3 is 29.7 Å². The van der Waals surface area contributed by atoms with Crippen LogP contribution in [-0.4, -0.2) is 75.2 Å². The molecule has 1 heterocycles. The number of hydrogen-bond acceptors (Lipinski definition) is 8. The molecule has 0 bridgehead atoms. The van der Waals surface area contributed by atoms with Crippen molar-refractivity contribution in [2.24, 2.45) is 0 Å². The van der Waals surface area contributed by atoms with Crippen molar-refractivity contribution in [3.05, 3.63) is 81.5 Å². The lowest BCUT2D eigenvalue weighted by atomic mass is 9.95. The van der Waals surface area contributed by atoms with Gasteiger partial charge in [-0.15, -0.1) is 0 Å². The third-order valence-electron chi connectivity index (χ3n) is 8.59. The molecule has 0 unspecified atom stereocenters. The largest absolute Gasteiger partial charge is 0.493 e. The first-order valence-corrected chi connectivity index (χ1v) is 15.3. The van der Waals surface area contributed by atoms with Gasteiger partial charge in [0.1, 0.15) is 6.04 Å². The minimum absolute atomic E-state index is 0.0539. The predicted octanol–water partition coefficient (Wildman–Crippen LogP) is 4.01. The van der Waals surface area contributed by atoms with Crippen LogP contribution >= 0.6 is 0 Å². The average molecular weight is 615 g/mol. The maximum Gasteiger partial charge on any atom is 0.244 e. The number of anilines is 1. The third kappa shape index (κ3) is 6.91. The highest BCUT2D eigenvalue weighted by Crippen LogP contribution is 2.50. The Kier molecular flexibility index (Phi) is 9.93. The molecule has 2 aliphatic rings. The quantitative estimate of drug-likeness (QED) is 0.372. The molecule has 1 aliphatic heterocycles. The molecule has 2 N–H and O–H groups in total. The molecular formula is C35H42N4O6. The number of methoxy groups -OCH3 is 3. The molecule has 2 amide bonds. The molecule has 45 heavy (non-hydrogen) atoms. The van der Waals surface area contributed by atoms with E-state index in [0.717, 1.165) is 36.3 Å². The van der Waals surface area contributed by atoms with Crippen molar-refractivity contribution in [3.8, 4) is 28.4 Å². The Bertz CT molecular complexity index is 1600. The summed E-state index contributed by atoms with van der Waals surface area (Å²) in [6.45, 7) is 6.92. The Morgan fingerprint density at radius 2 is 1.64 bits per heavy atom. The lowest BCUT2D eigenvalue weighted by Gasteiger charge is -2.36. The normalized spacial score (nSPS) is 16.8. The van der Waals surface area contributed by atoms with Gasteiger partial charge in [-0.3, -0.25) is 19.3 Å². The van der Waals surface area contributed by atoms with Crippen LogP contribution in [0.2, 0.25) is 0 Å². The Hall–Kier alpha value is -4.57. The van der Waals surface area contributed by atoms with Gasteiger partial charge in [-0.2, -0.15) is 0 Å². The summed E-state index contributed by atoms with van der Waals surface area (Å²) in [6, 6.07) is 16.3. The molecule has 0 radical (unpaired) electrons. The minimum atomic E-state index is -0.613. The summed E-state index contributed by atoms with van der Waals surface area (Å²) in [5, 5.41) is 6.21. The fraction of sp³-hybridized carbons (Fsp3) is 0.400. The van der Waals surface area contributed by atoms with E-state index in [1.54, 1.807) is 40.4 Å². The standard InChI is InChI=1S/C35H42N4O6/c1-22(35(42)39-17-15-38(16-18-39)21-24-9-7-6-8-10-24)36-29-14-12-26-27(20-30(29)41)28(37-23(2)40)13-11-25-19-31(43-3)33(44-4)34(45-5)32(25)26/h6-10,12,14,19-20,22,28H,11,13,15-18,21H2,1-5H3,(H,36,41)(H,37,40)/t22-,28-/m0/s1. The molecule has 3 aromatic rings. The first kappa shape index (κ1) is 31.8. The van der Waals surface area contributed by atoms with E-state index in [9.17, 15) is 14.4 Å². The molecule has 238 valence electrons. The van der Waals surface area contributed by atoms with E-state index in [2.05, 4.69) is 27.7 Å². The summed E-state index contributed by atoms with van der Waals surface area (Å²) in [6.07, 6.45) is 1.18. The monoisotopic (exact) mass is 614 g/mol. The molecule has 2 atom stereocenters. The highest BCUT2D eigenvalue weighted by Gasteiger charge is 2.30. The molecular weight excluding hydrogens is 572 g/mol. The zero-order valence-corrected chi connectivity index (χ0v) is 26.6. The van der Waals surface area contributed by atoms with E-state index in [0.29, 0.717) is 54.4 Å². The smallest absolute Gasteiger partial charge is 0.244 e. The fourth-order valence-corrected chi connectivity index (χ4v) is 6.36. The number of carbonyl (C=O) groups is 2. The first-order chi connectivity index (χ1) is 21.7. The fourth-order valence-electron chi connectivity index (χ4n) is 6.36. The lowest BCUT2D eigenvalue weighted by Crippen LogP contribution is -2.52. The highest BCUT2D eigenvalue weighted by atomic mass is 16.5. The summed E-state index contributed by atoms with van der Waals surface area (Å²) in [7, 11) is 4.69. The van der Waals surface area contributed by atoms with Gasteiger partial charge in [0, 0.05) is 45.2 Å². The number of ether oxygens (including phenoxy) is 3. The SMILES string of the molecule is COc1cc2c(c(OC)c1OC)-c1ccc(N[C@@H](C)C(=O)N3CCN(Cc4ccccc4)CC3)c(=O)cc1[C@@H](NC(C)=O)CC2. The minimum Gasteiger partial charge on any atom is -0.493 e. The molecule has 5 rings (SSSR count). The summed E-state index contributed by atoms with van der Waals surface area (Å²) in [5.74, 6) is 1.21. The van der Waals surface area contributed by atoms with Crippen LogP contribution in [-0.2, 0) is 22.6 Å². The van der Waals surface area contributed by atoms with E-state index < -0.39 is 12.1 Å². The lowest BCUT2D eigenvalue weighted by molar-refractivity contribution is -0.133. The number of benzene rings is 2. The van der Waals surface area contributed by atoms with Crippen LogP contribution in [0.25, 0.3) is 11.1 Å². The van der Waals surface area contributed by atoms with Crippen LogP contribution in [0.4, 0.5) is 5.69 Å². The number of carbonyl (C=O) groups excluding carboxylic acids is 2. The van der Waals surface area contributed by atoms with Crippen LogP contribution < -0.4 is 30.3 Å². The van der Waals surface area contributed by atoms with E-state index in [-0.39, 0.29) is 17.2 Å². The second-order valence-electron chi connectivity index (χ2n) is 11.5. The van der Waals surface area contributed by atoms with E-state index in [1.807, 2.05) is 35.2 Å². The number of hydrogen-bond donors (Lipinski definition) is 2. The zero-order chi connectivity index (χ0) is 32.1. The van der Waals surface area contributed by atoms with Gasteiger partial charge in [0.25, 0.3) is 0 Å². The second kappa shape index (κ2) is 14.0. The van der Waals surface area contributed by atoms with Gasteiger partial charge in [-0.05, 0) is 60.2 Å². The van der Waals surface area contributed by atoms with E-state index >= 15 is 0 Å². The topological polar surface area (TPSA) is 109 Å². The molecule has 1 fully saturated rings. The van der Waals surface area contributed by atoms with Crippen molar-refractivity contribution >= 4 is 17.5 Å². The van der Waals surface area contributed by atoms with Gasteiger partial charge in [-0.25, -0.2) is 0 Å². The molecule has 3 aromatic carbocycles. The zero-order valence-electron chi connectivity index (χ0n) is 26.6. The number of amides is 2. The van der Waals surface area contributed by atoms with Gasteiger partial charge in [0.15, 0.2) is 11.5 Å². The Morgan fingerprint density at radius 3 is 2.29 bits per heavy atom. The van der Waals surface area contributed by atoms with Crippen LogP contribution in [0, 0.1) is 0 Å². The van der Waals surface area contributed by atoms with Crippen molar-refractivity contribution in [2.45, 2.75) is 45.3 Å². The van der Waals surface area contributed by atoms with Gasteiger partial charge >= 0.3 is 0 Å². The molecule has 0 aromatic heterocycles. The van der Waals surface area contributed by atoms with E-state index in [1.165, 1.54) is 12.5 Å². The first-order valence-electron chi connectivity index (χ1n) is 15.3. The van der Waals surface area contributed by atoms with Crippen molar-refractivity contribution in [1.82, 2.24) is 15.1 Å². The Balaban J connectivity index is 1.42. The number of piperazine rings is 1. The van der Waals surface area contributed by atoms with Crippen LogP contribution in [0.3, 0.4) is 0 Å². The van der Waals surface area contributed by atoms with Crippen molar-refractivity contribution in [3.63, 3.8) is 0 Å². The number of nitrogens with zero attached hydrogens (tertiary/aromatic N) is 2. The summed E-state index contributed by atoms with van der Waals surface area (Å²) >= 11 is 0. The third-order valence-corrected chi connectivity index (χ3v) is 8.59. The average Bonchev–Trinajstić information content (AvgIpc) is 3.28. The van der Waals surface area contributed by atoms with E-state index in [4.69, 9.17) is 14.2 Å². The summed E-state index contributed by atoms with van der Waals surface area (Å²) in [5.41, 5.74) is 4.40. The molecule has 10 heteroatoms. The van der Waals surface area contributed by atoms with Crippen molar-refractivity contribution in [1.29, 1.82) is 0 Å². The number of nitrogens with one attached hydrogen (secondary N) is 2. The van der Waals surface area contributed by atoms with Gasteiger partial charge in [0.05, 0.1) is 33.1 Å². The van der Waals surface area contributed by atoms with Gasteiger partial charge in [-0.1, -0.05) is 36.4 Å². The summed E-state index contributed by atoms with van der Waals surface area (Å²) < 4.78 is 17.1. The maximum atomic E-state index is 13.7. The van der Waals surface area contributed by atoms with Crippen LogP contribution in [0.15, 0.2) is 59.4 Å². The van der Waals surface area contributed by atoms with Crippen molar-refractivity contribution < 1.29 is 23.8 Å². The molecule has 1 aliphatic carbocycles.